The van der Waals surface area contributed by atoms with Crippen molar-refractivity contribution in [2.45, 2.75) is 38.0 Å². The van der Waals surface area contributed by atoms with Crippen LogP contribution in [0, 0.1) is 13.8 Å². The van der Waals surface area contributed by atoms with E-state index in [-0.39, 0.29) is 21.3 Å². The first-order valence-electron chi connectivity index (χ1n) is 9.77. The van der Waals surface area contributed by atoms with Gasteiger partial charge >= 0.3 is 5.97 Å². The van der Waals surface area contributed by atoms with Crippen LogP contribution in [0.5, 0.6) is 0 Å². The zero-order valence-electron chi connectivity index (χ0n) is 17.0. The SMILES string of the molecule is Cc1ccc(C)c(C(=O)COC(=O)c2ccc(Cl)c(S(=O)(=O)N3CCCCC3)c2)c1. The number of rotatable bonds is 6. The van der Waals surface area contributed by atoms with Gasteiger partial charge in [0.1, 0.15) is 4.90 Å². The highest BCUT2D eigenvalue weighted by atomic mass is 35.5. The first-order chi connectivity index (χ1) is 14.2. The molecule has 0 amide bonds. The van der Waals surface area contributed by atoms with Gasteiger partial charge in [0.15, 0.2) is 6.61 Å². The molecule has 0 saturated carbocycles. The maximum Gasteiger partial charge on any atom is 0.338 e. The summed E-state index contributed by atoms with van der Waals surface area (Å²) in [6.07, 6.45) is 2.57. The minimum Gasteiger partial charge on any atom is -0.454 e. The number of piperidine rings is 1. The second-order valence-electron chi connectivity index (χ2n) is 7.43. The number of Topliss-reactive ketones (excluding diaryl/α,β-unsaturated/α-hetero) is 1. The molecule has 0 N–H and O–H groups in total. The molecule has 0 unspecified atom stereocenters. The Kier molecular flexibility index (Phi) is 6.95. The summed E-state index contributed by atoms with van der Waals surface area (Å²) in [5, 5.41) is 0.0450. The zero-order chi connectivity index (χ0) is 21.9. The van der Waals surface area contributed by atoms with Crippen molar-refractivity contribution in [3.63, 3.8) is 0 Å². The predicted octanol–water partition coefficient (Wildman–Crippen LogP) is 4.17. The molecule has 1 fully saturated rings. The van der Waals surface area contributed by atoms with Crippen molar-refractivity contribution in [2.24, 2.45) is 0 Å². The Morgan fingerprint density at radius 1 is 1.03 bits per heavy atom. The molecule has 1 heterocycles. The van der Waals surface area contributed by atoms with E-state index in [1.165, 1.54) is 22.5 Å². The molecule has 6 nitrogen and oxygen atoms in total. The van der Waals surface area contributed by atoms with Gasteiger partial charge in [0.05, 0.1) is 10.6 Å². The fourth-order valence-electron chi connectivity index (χ4n) is 3.40. The zero-order valence-corrected chi connectivity index (χ0v) is 18.6. The van der Waals surface area contributed by atoms with Gasteiger partial charge in [-0.15, -0.1) is 0 Å². The molecule has 0 bridgehead atoms. The van der Waals surface area contributed by atoms with Crippen LogP contribution in [0.15, 0.2) is 41.3 Å². The van der Waals surface area contributed by atoms with Crippen LogP contribution in [0.3, 0.4) is 0 Å². The molecule has 8 heteroatoms. The van der Waals surface area contributed by atoms with Gasteiger partial charge in [-0.3, -0.25) is 4.79 Å². The number of sulfonamides is 1. The topological polar surface area (TPSA) is 80.8 Å². The van der Waals surface area contributed by atoms with E-state index >= 15 is 0 Å². The number of carbonyl (C=O) groups excluding carboxylic acids is 2. The molecule has 0 spiro atoms. The molecule has 0 aromatic heterocycles. The van der Waals surface area contributed by atoms with Crippen molar-refractivity contribution in [2.75, 3.05) is 19.7 Å². The number of benzene rings is 2. The van der Waals surface area contributed by atoms with Crippen molar-refractivity contribution >= 4 is 33.4 Å². The van der Waals surface area contributed by atoms with Crippen LogP contribution in [0.1, 0.15) is 51.1 Å². The molecular weight excluding hydrogens is 426 g/mol. The van der Waals surface area contributed by atoms with E-state index in [1.54, 1.807) is 6.07 Å². The number of aryl methyl sites for hydroxylation is 2. The quantitative estimate of drug-likeness (QED) is 0.488. The Labute approximate surface area is 181 Å². The summed E-state index contributed by atoms with van der Waals surface area (Å²) in [6.45, 7) is 4.11. The first-order valence-corrected chi connectivity index (χ1v) is 11.6. The molecule has 0 aliphatic carbocycles. The van der Waals surface area contributed by atoms with Gasteiger partial charge in [-0.05, 0) is 56.5 Å². The fourth-order valence-corrected chi connectivity index (χ4v) is 5.42. The second kappa shape index (κ2) is 9.29. The lowest BCUT2D eigenvalue weighted by Crippen LogP contribution is -2.35. The van der Waals surface area contributed by atoms with Crippen LogP contribution in [0.25, 0.3) is 0 Å². The highest BCUT2D eigenvalue weighted by Gasteiger charge is 2.29. The van der Waals surface area contributed by atoms with Crippen molar-refractivity contribution in [1.82, 2.24) is 4.31 Å². The van der Waals surface area contributed by atoms with E-state index in [0.29, 0.717) is 18.7 Å². The van der Waals surface area contributed by atoms with Crippen LogP contribution < -0.4 is 0 Å². The van der Waals surface area contributed by atoms with Crippen molar-refractivity contribution in [3.05, 3.63) is 63.7 Å². The molecule has 1 saturated heterocycles. The number of carbonyl (C=O) groups is 2. The average molecular weight is 450 g/mol. The van der Waals surface area contributed by atoms with E-state index in [1.807, 2.05) is 26.0 Å². The summed E-state index contributed by atoms with van der Waals surface area (Å²) in [4.78, 5) is 24.8. The number of esters is 1. The van der Waals surface area contributed by atoms with E-state index in [2.05, 4.69) is 0 Å². The third-order valence-corrected chi connectivity index (χ3v) is 7.51. The first kappa shape index (κ1) is 22.5. The van der Waals surface area contributed by atoms with E-state index in [9.17, 15) is 18.0 Å². The lowest BCUT2D eigenvalue weighted by Gasteiger charge is -2.26. The van der Waals surface area contributed by atoms with Crippen LogP contribution in [0.4, 0.5) is 0 Å². The summed E-state index contributed by atoms with van der Waals surface area (Å²) in [5.74, 6) is -1.10. The van der Waals surface area contributed by atoms with Gasteiger partial charge in [0, 0.05) is 18.7 Å². The Balaban J connectivity index is 1.76. The van der Waals surface area contributed by atoms with Crippen molar-refractivity contribution < 1.29 is 22.7 Å². The largest absolute Gasteiger partial charge is 0.454 e. The Morgan fingerprint density at radius 3 is 2.43 bits per heavy atom. The average Bonchev–Trinajstić information content (AvgIpc) is 2.74. The van der Waals surface area contributed by atoms with Gasteiger partial charge in [-0.2, -0.15) is 4.31 Å². The number of hydrogen-bond donors (Lipinski definition) is 0. The third-order valence-electron chi connectivity index (χ3n) is 5.13. The van der Waals surface area contributed by atoms with Crippen molar-refractivity contribution in [3.8, 4) is 0 Å². The maximum absolute atomic E-state index is 12.9. The number of hydrogen-bond acceptors (Lipinski definition) is 5. The minimum absolute atomic E-state index is 0.0312. The summed E-state index contributed by atoms with van der Waals surface area (Å²) >= 11 is 6.13. The van der Waals surface area contributed by atoms with Gasteiger partial charge in [0.2, 0.25) is 15.8 Å². The molecule has 1 aliphatic rings. The molecule has 3 rings (SSSR count). The van der Waals surface area contributed by atoms with E-state index in [4.69, 9.17) is 16.3 Å². The lowest BCUT2D eigenvalue weighted by molar-refractivity contribution is 0.0474. The van der Waals surface area contributed by atoms with Gasteiger partial charge in [-0.1, -0.05) is 35.7 Å². The summed E-state index contributed by atoms with van der Waals surface area (Å²) in [6, 6.07) is 9.45. The highest BCUT2D eigenvalue weighted by molar-refractivity contribution is 7.89. The van der Waals surface area contributed by atoms with Crippen LogP contribution >= 0.6 is 11.6 Å². The minimum atomic E-state index is -3.81. The molecule has 0 radical (unpaired) electrons. The predicted molar refractivity (Wildman–Crippen MR) is 115 cm³/mol. The molecule has 2 aromatic carbocycles. The Bertz CT molecular complexity index is 1070. The van der Waals surface area contributed by atoms with E-state index < -0.39 is 22.6 Å². The molecule has 0 atom stereocenters. The van der Waals surface area contributed by atoms with Crippen LogP contribution in [-0.2, 0) is 14.8 Å². The number of halogens is 1. The van der Waals surface area contributed by atoms with Gasteiger partial charge in [-0.25, -0.2) is 13.2 Å². The normalized spacial score (nSPS) is 15.0. The second-order valence-corrected chi connectivity index (χ2v) is 9.74. The van der Waals surface area contributed by atoms with Crippen molar-refractivity contribution in [1.29, 1.82) is 0 Å². The summed E-state index contributed by atoms with van der Waals surface area (Å²) in [5.41, 5.74) is 2.25. The Morgan fingerprint density at radius 2 is 1.73 bits per heavy atom. The monoisotopic (exact) mass is 449 g/mol. The van der Waals surface area contributed by atoms with E-state index in [0.717, 1.165) is 30.4 Å². The van der Waals surface area contributed by atoms with Gasteiger partial charge in [0.25, 0.3) is 0 Å². The molecule has 1 aliphatic heterocycles. The number of nitrogens with zero attached hydrogens (tertiary/aromatic N) is 1. The highest BCUT2D eigenvalue weighted by Crippen LogP contribution is 2.28. The van der Waals surface area contributed by atoms with Crippen LogP contribution in [0.2, 0.25) is 5.02 Å². The van der Waals surface area contributed by atoms with Crippen LogP contribution in [-0.4, -0.2) is 44.2 Å². The Hall–Kier alpha value is -2.22. The smallest absolute Gasteiger partial charge is 0.338 e. The number of ether oxygens (including phenoxy) is 1. The summed E-state index contributed by atoms with van der Waals surface area (Å²) < 4.78 is 32.4. The standard InChI is InChI=1S/C22H24ClNO5S/c1-15-6-7-16(2)18(12-15)20(25)14-29-22(26)17-8-9-19(23)21(13-17)30(27,28)24-10-4-3-5-11-24/h6-9,12-13H,3-5,10-11,14H2,1-2H3. The molecule has 2 aromatic rings. The number of ketones is 1. The van der Waals surface area contributed by atoms with Gasteiger partial charge < -0.3 is 4.74 Å². The summed E-state index contributed by atoms with van der Waals surface area (Å²) in [7, 11) is -3.81. The lowest BCUT2D eigenvalue weighted by atomic mass is 10.0. The molecular formula is C22H24ClNO5S. The third kappa shape index (κ3) is 4.91. The fraction of sp³-hybridized carbons (Fsp3) is 0.364. The molecule has 30 heavy (non-hydrogen) atoms. The molecule has 160 valence electrons. The maximum atomic E-state index is 12.9.